The van der Waals surface area contributed by atoms with Crippen LogP contribution in [0.4, 0.5) is 0 Å². The van der Waals surface area contributed by atoms with Crippen molar-refractivity contribution in [1.29, 1.82) is 5.26 Å². The van der Waals surface area contributed by atoms with E-state index < -0.39 is 0 Å². The Hall–Kier alpha value is -2.26. The van der Waals surface area contributed by atoms with Crippen LogP contribution >= 0.6 is 23.4 Å². The molecule has 0 saturated carbocycles. The van der Waals surface area contributed by atoms with Gasteiger partial charge >= 0.3 is 0 Å². The number of fused-ring (bicyclic) bond motifs is 1. The minimum Gasteiger partial charge on any atom is -0.468 e. The normalized spacial score (nSPS) is 14.0. The molecule has 1 aliphatic heterocycles. The molecule has 0 amide bonds. The van der Waals surface area contributed by atoms with Crippen molar-refractivity contribution in [2.45, 2.75) is 23.7 Å². The number of halogens is 1. The quantitative estimate of drug-likeness (QED) is 0.572. The predicted octanol–water partition coefficient (Wildman–Crippen LogP) is 5.15. The van der Waals surface area contributed by atoms with Crippen molar-refractivity contribution in [3.05, 3.63) is 70.3 Å². The summed E-state index contributed by atoms with van der Waals surface area (Å²) in [5, 5.41) is 11.4. The summed E-state index contributed by atoms with van der Waals surface area (Å²) in [6.07, 6.45) is 2.52. The van der Waals surface area contributed by atoms with Crippen LogP contribution < -0.4 is 0 Å². The molecule has 1 aromatic carbocycles. The smallest absolute Gasteiger partial charge is 0.115 e. The van der Waals surface area contributed by atoms with Gasteiger partial charge in [0, 0.05) is 41.4 Å². The van der Waals surface area contributed by atoms with Gasteiger partial charge in [0.25, 0.3) is 0 Å². The molecule has 27 heavy (non-hydrogen) atoms. The van der Waals surface area contributed by atoms with Crippen molar-refractivity contribution in [3.63, 3.8) is 0 Å². The van der Waals surface area contributed by atoms with Crippen LogP contribution in [0.15, 0.2) is 52.1 Å². The fourth-order valence-corrected chi connectivity index (χ4v) is 4.51. The number of rotatable bonds is 4. The number of nitriles is 1. The largest absolute Gasteiger partial charge is 0.468 e. The van der Waals surface area contributed by atoms with Crippen molar-refractivity contribution < 1.29 is 4.42 Å². The summed E-state index contributed by atoms with van der Waals surface area (Å²) in [5.74, 6) is 1.50. The van der Waals surface area contributed by atoms with Crippen LogP contribution in [0.25, 0.3) is 11.1 Å². The van der Waals surface area contributed by atoms with Crippen LogP contribution in [0.1, 0.15) is 22.6 Å². The third-order valence-corrected chi connectivity index (χ3v) is 6.02. The number of likely N-dealkylation sites (N-methyl/N-ethyl adjacent to an activating group) is 1. The van der Waals surface area contributed by atoms with Crippen LogP contribution in [0.5, 0.6) is 0 Å². The van der Waals surface area contributed by atoms with Crippen molar-refractivity contribution in [2.75, 3.05) is 13.6 Å². The van der Waals surface area contributed by atoms with Gasteiger partial charge in [-0.15, -0.1) is 0 Å². The van der Waals surface area contributed by atoms with Gasteiger partial charge in [-0.05, 0) is 30.8 Å². The highest BCUT2D eigenvalue weighted by Gasteiger charge is 2.26. The average Bonchev–Trinajstić information content (AvgIpc) is 3.19. The number of hydrogen-bond acceptors (Lipinski definition) is 5. The lowest BCUT2D eigenvalue weighted by molar-refractivity contribution is 0.309. The molecule has 2 aromatic heterocycles. The van der Waals surface area contributed by atoms with Crippen molar-refractivity contribution in [2.24, 2.45) is 0 Å². The predicted molar refractivity (Wildman–Crippen MR) is 108 cm³/mol. The van der Waals surface area contributed by atoms with E-state index in [2.05, 4.69) is 18.0 Å². The Morgan fingerprint density at radius 2 is 2.15 bits per heavy atom. The Morgan fingerprint density at radius 1 is 1.30 bits per heavy atom. The van der Waals surface area contributed by atoms with E-state index in [1.807, 2.05) is 36.4 Å². The first-order chi connectivity index (χ1) is 13.2. The van der Waals surface area contributed by atoms with Gasteiger partial charge < -0.3 is 9.32 Å². The molecule has 0 unspecified atom stereocenters. The maximum absolute atomic E-state index is 9.99. The first-order valence-corrected chi connectivity index (χ1v) is 10.1. The maximum atomic E-state index is 9.99. The zero-order chi connectivity index (χ0) is 18.8. The summed E-state index contributed by atoms with van der Waals surface area (Å²) in [7, 11) is 2.09. The van der Waals surface area contributed by atoms with Crippen LogP contribution in [0.3, 0.4) is 0 Å². The second-order valence-electron chi connectivity index (χ2n) is 6.54. The highest BCUT2D eigenvalue weighted by molar-refractivity contribution is 7.98. The molecule has 4 rings (SSSR count). The molecule has 0 saturated heterocycles. The second-order valence-corrected chi connectivity index (χ2v) is 7.91. The molecule has 0 bridgehead atoms. The second kappa shape index (κ2) is 7.77. The van der Waals surface area contributed by atoms with Gasteiger partial charge in [-0.3, -0.25) is 0 Å². The number of nitrogens with zero attached hydrogens (tertiary/aromatic N) is 3. The van der Waals surface area contributed by atoms with Gasteiger partial charge in [-0.1, -0.05) is 41.6 Å². The van der Waals surface area contributed by atoms with E-state index in [0.717, 1.165) is 52.7 Å². The van der Waals surface area contributed by atoms with Crippen molar-refractivity contribution in [1.82, 2.24) is 9.88 Å². The monoisotopic (exact) mass is 395 g/mol. The van der Waals surface area contributed by atoms with E-state index >= 15 is 0 Å². The number of benzene rings is 1. The SMILES string of the molecule is CN1CCc2nc(SCc3ccco3)c(C#N)c(-c3ccccc3Cl)c2C1. The molecule has 136 valence electrons. The Morgan fingerprint density at radius 3 is 2.89 bits per heavy atom. The molecule has 0 radical (unpaired) electrons. The molecular weight excluding hydrogens is 378 g/mol. The van der Waals surface area contributed by atoms with Crippen molar-refractivity contribution in [3.8, 4) is 17.2 Å². The van der Waals surface area contributed by atoms with E-state index in [4.69, 9.17) is 21.0 Å². The Bertz CT molecular complexity index is 1010. The lowest BCUT2D eigenvalue weighted by Gasteiger charge is -2.28. The molecule has 0 spiro atoms. The number of furan rings is 1. The van der Waals surface area contributed by atoms with Crippen LogP contribution in [0, 0.1) is 11.3 Å². The lowest BCUT2D eigenvalue weighted by Crippen LogP contribution is -2.28. The third-order valence-electron chi connectivity index (χ3n) is 4.70. The Kier molecular flexibility index (Phi) is 5.22. The summed E-state index contributed by atoms with van der Waals surface area (Å²) in [6.45, 7) is 1.72. The van der Waals surface area contributed by atoms with E-state index in [9.17, 15) is 5.26 Å². The Balaban J connectivity index is 1.87. The molecule has 4 nitrogen and oxygen atoms in total. The standard InChI is InChI=1S/C21H18ClN3OS/c1-25-9-8-19-17(12-25)20(15-6-2-3-7-18(15)22)16(11-23)21(24-19)27-13-14-5-4-10-26-14/h2-7,10H,8-9,12-13H2,1H3. The number of aromatic nitrogens is 1. The minimum atomic E-state index is 0.591. The van der Waals surface area contributed by atoms with E-state index in [1.54, 1.807) is 6.26 Å². The van der Waals surface area contributed by atoms with Gasteiger partial charge in [0.15, 0.2) is 0 Å². The maximum Gasteiger partial charge on any atom is 0.115 e. The Labute approximate surface area is 167 Å². The lowest BCUT2D eigenvalue weighted by atomic mass is 9.92. The summed E-state index contributed by atoms with van der Waals surface area (Å²) >= 11 is 8.05. The molecule has 0 aliphatic carbocycles. The topological polar surface area (TPSA) is 53.1 Å². The molecular formula is C21H18ClN3OS. The van der Waals surface area contributed by atoms with Crippen LogP contribution in [0.2, 0.25) is 5.02 Å². The zero-order valence-corrected chi connectivity index (χ0v) is 16.5. The number of pyridine rings is 1. The van der Waals surface area contributed by atoms with E-state index in [1.165, 1.54) is 11.8 Å². The molecule has 0 N–H and O–H groups in total. The fraction of sp³-hybridized carbons (Fsp3) is 0.238. The summed E-state index contributed by atoms with van der Waals surface area (Å²) in [6, 6.07) is 13.9. The summed E-state index contributed by atoms with van der Waals surface area (Å²) in [5.41, 5.74) is 4.57. The van der Waals surface area contributed by atoms with Gasteiger partial charge in [0.1, 0.15) is 16.9 Å². The molecule has 3 aromatic rings. The highest BCUT2D eigenvalue weighted by Crippen LogP contribution is 2.40. The van der Waals surface area contributed by atoms with E-state index in [0.29, 0.717) is 16.3 Å². The molecule has 0 atom stereocenters. The average molecular weight is 396 g/mol. The number of hydrogen-bond donors (Lipinski definition) is 0. The molecule has 1 aliphatic rings. The van der Waals surface area contributed by atoms with Crippen LogP contribution in [-0.4, -0.2) is 23.5 Å². The summed E-state index contributed by atoms with van der Waals surface area (Å²) in [4.78, 5) is 7.11. The molecule has 0 fully saturated rings. The van der Waals surface area contributed by atoms with Crippen LogP contribution in [-0.2, 0) is 18.7 Å². The van der Waals surface area contributed by atoms with Gasteiger partial charge in [-0.25, -0.2) is 4.98 Å². The minimum absolute atomic E-state index is 0.591. The molecule has 6 heteroatoms. The summed E-state index contributed by atoms with van der Waals surface area (Å²) < 4.78 is 5.43. The highest BCUT2D eigenvalue weighted by atomic mass is 35.5. The van der Waals surface area contributed by atoms with E-state index in [-0.39, 0.29) is 0 Å². The first kappa shape index (κ1) is 18.1. The third kappa shape index (κ3) is 3.61. The first-order valence-electron chi connectivity index (χ1n) is 8.72. The fourth-order valence-electron chi connectivity index (χ4n) is 3.37. The van der Waals surface area contributed by atoms with Crippen molar-refractivity contribution >= 4 is 23.4 Å². The van der Waals surface area contributed by atoms with Gasteiger partial charge in [0.2, 0.25) is 0 Å². The molecule has 3 heterocycles. The number of thioether (sulfide) groups is 1. The van der Waals surface area contributed by atoms with Gasteiger partial charge in [0.05, 0.1) is 17.6 Å². The van der Waals surface area contributed by atoms with Gasteiger partial charge in [-0.2, -0.15) is 5.26 Å². The zero-order valence-electron chi connectivity index (χ0n) is 14.9.